The number of morpholine rings is 1. The highest BCUT2D eigenvalue weighted by Gasteiger charge is 2.50. The van der Waals surface area contributed by atoms with Gasteiger partial charge < -0.3 is 20.2 Å². The van der Waals surface area contributed by atoms with Gasteiger partial charge in [-0.2, -0.15) is 5.48 Å². The number of rotatable bonds is 8. The van der Waals surface area contributed by atoms with Gasteiger partial charge in [0, 0.05) is 41.7 Å². The van der Waals surface area contributed by atoms with Gasteiger partial charge in [0.15, 0.2) is 0 Å². The molecule has 3 amide bonds. The van der Waals surface area contributed by atoms with E-state index in [1.165, 1.54) is 59.2 Å². The summed E-state index contributed by atoms with van der Waals surface area (Å²) in [6.07, 6.45) is -3.31. The number of benzene rings is 2. The molecule has 1 aliphatic heterocycles. The van der Waals surface area contributed by atoms with Gasteiger partial charge in [0.2, 0.25) is 5.91 Å². The van der Waals surface area contributed by atoms with Crippen LogP contribution in [0.25, 0.3) is 0 Å². The lowest BCUT2D eigenvalue weighted by Crippen LogP contribution is -2.70. The third-order valence-electron chi connectivity index (χ3n) is 7.47. The highest BCUT2D eigenvalue weighted by Crippen LogP contribution is 2.25. The van der Waals surface area contributed by atoms with Crippen LogP contribution in [0.3, 0.4) is 0 Å². The SMILES string of the molecule is CC(C)(C)C(=O)N[C@](C)(C(F)F)[C@H](NC(=O)c1ccc(C#Cc2ccc(CN3CCOCC3)cc2)cc1)C(=O)NOC(=O)C(C)(C)C. The molecule has 2 atom stereocenters. The van der Waals surface area contributed by atoms with Gasteiger partial charge in [0.1, 0.15) is 11.6 Å². The van der Waals surface area contributed by atoms with Crippen LogP contribution in [0.4, 0.5) is 8.78 Å². The van der Waals surface area contributed by atoms with Crippen molar-refractivity contribution in [1.82, 2.24) is 21.0 Å². The Balaban J connectivity index is 1.77. The number of hydrogen-bond donors (Lipinski definition) is 3. The van der Waals surface area contributed by atoms with E-state index in [1.54, 1.807) is 12.1 Å². The standard InChI is InChI=1S/C35H44F2N4O6/c1-33(2,3)31(44)39-35(7,30(36)37)27(29(43)40-47-32(45)34(4,5)6)38-28(42)26-16-14-24(15-17-26)9-8-23-10-12-25(13-11-23)22-41-18-20-46-21-19-41/h10-17,27,30H,18-22H2,1-7H3,(H,38,42)(H,39,44)(H,40,43)/t27-,35+/m1/s1. The van der Waals surface area contributed by atoms with Crippen molar-refractivity contribution in [2.75, 3.05) is 26.3 Å². The second-order valence-corrected chi connectivity index (χ2v) is 13.7. The Bertz CT molecular complexity index is 1480. The first-order valence-corrected chi connectivity index (χ1v) is 15.3. The Morgan fingerprint density at radius 3 is 1.87 bits per heavy atom. The Morgan fingerprint density at radius 2 is 1.38 bits per heavy atom. The number of hydroxylamine groups is 1. The topological polar surface area (TPSA) is 126 Å². The van der Waals surface area contributed by atoms with Crippen molar-refractivity contribution in [3.05, 3.63) is 70.8 Å². The lowest BCUT2D eigenvalue weighted by molar-refractivity contribution is -0.168. The molecular weight excluding hydrogens is 610 g/mol. The summed E-state index contributed by atoms with van der Waals surface area (Å²) >= 11 is 0. The Hall–Kier alpha value is -4.34. The monoisotopic (exact) mass is 654 g/mol. The molecule has 10 nitrogen and oxygen atoms in total. The van der Waals surface area contributed by atoms with Crippen molar-refractivity contribution in [3.8, 4) is 11.8 Å². The number of ether oxygens (including phenoxy) is 1. The van der Waals surface area contributed by atoms with Crippen molar-refractivity contribution in [2.45, 2.75) is 73.0 Å². The van der Waals surface area contributed by atoms with E-state index in [-0.39, 0.29) is 5.56 Å². The molecular formula is C35H44F2N4O6. The molecule has 0 aliphatic carbocycles. The summed E-state index contributed by atoms with van der Waals surface area (Å²) in [5, 5.41) is 4.53. The summed E-state index contributed by atoms with van der Waals surface area (Å²) in [6.45, 7) is 14.2. The normalized spacial score (nSPS) is 15.8. The summed E-state index contributed by atoms with van der Waals surface area (Å²) in [6, 6.07) is 11.9. The van der Waals surface area contributed by atoms with E-state index in [1.807, 2.05) is 29.7 Å². The number of hydrogen-bond acceptors (Lipinski definition) is 7. The fourth-order valence-electron chi connectivity index (χ4n) is 4.26. The van der Waals surface area contributed by atoms with Crippen LogP contribution >= 0.6 is 0 Å². The van der Waals surface area contributed by atoms with Gasteiger partial charge in [0.05, 0.1) is 18.6 Å². The van der Waals surface area contributed by atoms with Gasteiger partial charge >= 0.3 is 5.97 Å². The molecule has 47 heavy (non-hydrogen) atoms. The summed E-state index contributed by atoms with van der Waals surface area (Å²) in [5.74, 6) is 2.36. The quantitative estimate of drug-likeness (QED) is 0.292. The molecule has 0 unspecified atom stereocenters. The van der Waals surface area contributed by atoms with E-state index in [9.17, 15) is 28.0 Å². The molecule has 2 aromatic carbocycles. The highest BCUT2D eigenvalue weighted by atomic mass is 19.3. The van der Waals surface area contributed by atoms with Gasteiger partial charge in [-0.3, -0.25) is 19.3 Å². The summed E-state index contributed by atoms with van der Waals surface area (Å²) in [4.78, 5) is 58.6. The first-order valence-electron chi connectivity index (χ1n) is 15.3. The van der Waals surface area contributed by atoms with Gasteiger partial charge in [-0.25, -0.2) is 13.6 Å². The lowest BCUT2D eigenvalue weighted by atomic mass is 9.87. The summed E-state index contributed by atoms with van der Waals surface area (Å²) in [5.41, 5.74) is -0.202. The van der Waals surface area contributed by atoms with E-state index in [4.69, 9.17) is 9.57 Å². The number of halogens is 2. The van der Waals surface area contributed by atoms with Crippen molar-refractivity contribution >= 4 is 23.7 Å². The van der Waals surface area contributed by atoms with E-state index >= 15 is 0 Å². The highest BCUT2D eigenvalue weighted by molar-refractivity contribution is 5.98. The third kappa shape index (κ3) is 10.6. The second kappa shape index (κ2) is 15.5. The average Bonchev–Trinajstić information content (AvgIpc) is 3.01. The predicted octanol–water partition coefficient (Wildman–Crippen LogP) is 3.82. The van der Waals surface area contributed by atoms with E-state index in [0.717, 1.165) is 45.3 Å². The Morgan fingerprint density at radius 1 is 0.851 bits per heavy atom. The molecule has 2 aromatic rings. The molecule has 1 heterocycles. The number of nitrogens with zero attached hydrogens (tertiary/aromatic N) is 1. The molecule has 3 N–H and O–H groups in total. The van der Waals surface area contributed by atoms with Crippen LogP contribution in [0.1, 0.15) is 75.5 Å². The maximum Gasteiger partial charge on any atom is 0.337 e. The largest absolute Gasteiger partial charge is 0.379 e. The van der Waals surface area contributed by atoms with E-state index in [2.05, 4.69) is 27.4 Å². The molecule has 1 fully saturated rings. The Kier molecular flexibility index (Phi) is 12.2. The number of amides is 3. The van der Waals surface area contributed by atoms with Gasteiger partial charge in [0.25, 0.3) is 18.2 Å². The minimum atomic E-state index is -3.31. The molecule has 0 bridgehead atoms. The number of nitrogens with one attached hydrogen (secondary N) is 3. The van der Waals surface area contributed by atoms with Crippen LogP contribution in [-0.4, -0.2) is 72.9 Å². The molecule has 3 rings (SSSR count). The number of alkyl halides is 2. The predicted molar refractivity (Wildman–Crippen MR) is 172 cm³/mol. The van der Waals surface area contributed by atoms with Gasteiger partial charge in [-0.05, 0) is 69.7 Å². The zero-order chi connectivity index (χ0) is 35.0. The maximum atomic E-state index is 14.6. The van der Waals surface area contributed by atoms with Crippen molar-refractivity contribution in [1.29, 1.82) is 0 Å². The average molecular weight is 655 g/mol. The fourth-order valence-corrected chi connectivity index (χ4v) is 4.26. The zero-order valence-electron chi connectivity index (χ0n) is 28.0. The molecule has 1 saturated heterocycles. The molecule has 0 saturated carbocycles. The Labute approximate surface area is 274 Å². The van der Waals surface area contributed by atoms with Gasteiger partial charge in [-0.15, -0.1) is 0 Å². The summed E-state index contributed by atoms with van der Waals surface area (Å²) < 4.78 is 34.6. The molecule has 0 aromatic heterocycles. The molecule has 254 valence electrons. The zero-order valence-corrected chi connectivity index (χ0v) is 28.0. The second-order valence-electron chi connectivity index (χ2n) is 13.7. The van der Waals surface area contributed by atoms with Crippen molar-refractivity contribution in [2.24, 2.45) is 10.8 Å². The number of carbonyl (C=O) groups is 4. The van der Waals surface area contributed by atoms with Crippen molar-refractivity contribution in [3.63, 3.8) is 0 Å². The van der Waals surface area contributed by atoms with Crippen molar-refractivity contribution < 1.29 is 37.5 Å². The molecule has 0 radical (unpaired) electrons. The first kappa shape index (κ1) is 37.1. The third-order valence-corrected chi connectivity index (χ3v) is 7.47. The number of carbonyl (C=O) groups excluding carboxylic acids is 4. The lowest BCUT2D eigenvalue weighted by Gasteiger charge is -2.38. The van der Waals surface area contributed by atoms with Crippen LogP contribution in [0.15, 0.2) is 48.5 Å². The van der Waals surface area contributed by atoms with Crippen LogP contribution in [0, 0.1) is 22.7 Å². The van der Waals surface area contributed by atoms with E-state index < -0.39 is 52.5 Å². The maximum absolute atomic E-state index is 14.6. The minimum absolute atomic E-state index is 0.0475. The van der Waals surface area contributed by atoms with Crippen LogP contribution < -0.4 is 16.1 Å². The summed E-state index contributed by atoms with van der Waals surface area (Å²) in [7, 11) is 0. The minimum Gasteiger partial charge on any atom is -0.379 e. The van der Waals surface area contributed by atoms with Crippen LogP contribution in [-0.2, 0) is 30.5 Å². The molecule has 1 aliphatic rings. The smallest absolute Gasteiger partial charge is 0.337 e. The molecule has 12 heteroatoms. The van der Waals surface area contributed by atoms with Crippen LogP contribution in [0.2, 0.25) is 0 Å². The van der Waals surface area contributed by atoms with E-state index in [0.29, 0.717) is 5.56 Å². The fraction of sp³-hybridized carbons (Fsp3) is 0.486. The first-order chi connectivity index (χ1) is 21.9. The van der Waals surface area contributed by atoms with Crippen LogP contribution in [0.5, 0.6) is 0 Å². The molecule has 0 spiro atoms. The van der Waals surface area contributed by atoms with Gasteiger partial charge in [-0.1, -0.05) is 44.7 Å².